The molecule has 0 amide bonds. The molecule has 0 spiro atoms. The van der Waals surface area contributed by atoms with Crippen LogP contribution in [0.5, 0.6) is 5.75 Å². The first-order valence-corrected chi connectivity index (χ1v) is 4.51. The van der Waals surface area contributed by atoms with E-state index in [1.54, 1.807) is 18.2 Å². The van der Waals surface area contributed by atoms with Crippen LogP contribution in [-0.4, -0.2) is 25.5 Å². The highest BCUT2D eigenvalue weighted by molar-refractivity contribution is 5.84. The summed E-state index contributed by atoms with van der Waals surface area (Å²) in [5.74, 6) is 0.711. The van der Waals surface area contributed by atoms with Gasteiger partial charge in [0.15, 0.2) is 11.6 Å². The minimum Gasteiger partial charge on any atom is -0.483 e. The number of nitrogens with one attached hydrogen (secondary N) is 1. The summed E-state index contributed by atoms with van der Waals surface area (Å²) in [6.07, 6.45) is 0. The molecule has 74 valence electrons. The average molecular weight is 194 g/mol. The van der Waals surface area contributed by atoms with Gasteiger partial charge >= 0.3 is 0 Å². The molecule has 0 saturated heterocycles. The molecule has 1 aromatic carbocycles. The molecule has 0 fully saturated rings. The Morgan fingerprint density at radius 2 is 2.29 bits per heavy atom. The molecule has 2 rings (SSSR count). The van der Waals surface area contributed by atoms with Crippen LogP contribution >= 0.6 is 0 Å². The third kappa shape index (κ3) is 2.02. The maximum atomic E-state index is 13.1. The second-order valence-corrected chi connectivity index (χ2v) is 2.97. The van der Waals surface area contributed by atoms with Crippen LogP contribution in [0, 0.1) is 5.82 Å². The van der Waals surface area contributed by atoms with E-state index in [0.717, 1.165) is 18.9 Å². The largest absolute Gasteiger partial charge is 0.483 e. The number of rotatable bonds is 3. The second kappa shape index (κ2) is 4.09. The van der Waals surface area contributed by atoms with Crippen molar-refractivity contribution in [2.24, 2.45) is 4.99 Å². The topological polar surface area (TPSA) is 33.6 Å². The number of nitrogens with zero attached hydrogens (tertiary/aromatic N) is 1. The van der Waals surface area contributed by atoms with Gasteiger partial charge in [0.05, 0.1) is 6.54 Å². The van der Waals surface area contributed by atoms with Crippen molar-refractivity contribution in [3.8, 4) is 5.75 Å². The highest BCUT2D eigenvalue weighted by Gasteiger charge is 2.07. The number of para-hydroxylation sites is 1. The minimum atomic E-state index is -0.342. The molecule has 0 aromatic heterocycles. The molecular weight excluding hydrogens is 183 g/mol. The van der Waals surface area contributed by atoms with E-state index in [0.29, 0.717) is 6.61 Å². The Hall–Kier alpha value is -1.58. The second-order valence-electron chi connectivity index (χ2n) is 2.97. The molecule has 0 aliphatic carbocycles. The Morgan fingerprint density at radius 3 is 3.00 bits per heavy atom. The fourth-order valence-corrected chi connectivity index (χ4v) is 1.25. The number of hydrogen-bond acceptors (Lipinski definition) is 3. The van der Waals surface area contributed by atoms with Gasteiger partial charge in [0, 0.05) is 6.54 Å². The molecule has 0 atom stereocenters. The van der Waals surface area contributed by atoms with Gasteiger partial charge in [0.2, 0.25) is 0 Å². The molecule has 4 heteroatoms. The van der Waals surface area contributed by atoms with E-state index in [9.17, 15) is 4.39 Å². The summed E-state index contributed by atoms with van der Waals surface area (Å²) in [6.45, 7) is 1.92. The van der Waals surface area contributed by atoms with Gasteiger partial charge in [0.25, 0.3) is 0 Å². The predicted octanol–water partition coefficient (Wildman–Crippen LogP) is 1.21. The molecule has 14 heavy (non-hydrogen) atoms. The van der Waals surface area contributed by atoms with Crippen LogP contribution in [-0.2, 0) is 0 Å². The molecule has 1 aliphatic heterocycles. The van der Waals surface area contributed by atoms with Gasteiger partial charge in [-0.3, -0.25) is 4.99 Å². The zero-order valence-corrected chi connectivity index (χ0v) is 7.66. The van der Waals surface area contributed by atoms with Crippen molar-refractivity contribution in [3.63, 3.8) is 0 Å². The Morgan fingerprint density at radius 1 is 1.43 bits per heavy atom. The average Bonchev–Trinajstić information content (AvgIpc) is 2.69. The lowest BCUT2D eigenvalue weighted by molar-refractivity contribution is 0.351. The first kappa shape index (κ1) is 8.99. The van der Waals surface area contributed by atoms with Gasteiger partial charge in [-0.1, -0.05) is 12.1 Å². The highest BCUT2D eigenvalue weighted by atomic mass is 19.1. The van der Waals surface area contributed by atoms with E-state index in [4.69, 9.17) is 4.74 Å². The summed E-state index contributed by atoms with van der Waals surface area (Å²) in [7, 11) is 0. The van der Waals surface area contributed by atoms with Crippen LogP contribution in [0.2, 0.25) is 0 Å². The summed E-state index contributed by atoms with van der Waals surface area (Å²) in [5, 5.41) is 3.05. The number of aliphatic imine (C=N–C) groups is 1. The Kier molecular flexibility index (Phi) is 2.62. The molecule has 0 unspecified atom stereocenters. The van der Waals surface area contributed by atoms with Crippen LogP contribution < -0.4 is 10.1 Å². The third-order valence-corrected chi connectivity index (χ3v) is 1.94. The van der Waals surface area contributed by atoms with E-state index in [2.05, 4.69) is 10.3 Å². The zero-order valence-electron chi connectivity index (χ0n) is 7.66. The number of halogens is 1. The summed E-state index contributed by atoms with van der Waals surface area (Å²) >= 11 is 0. The van der Waals surface area contributed by atoms with Crippen molar-refractivity contribution < 1.29 is 9.13 Å². The van der Waals surface area contributed by atoms with Crippen LogP contribution in [0.15, 0.2) is 29.3 Å². The van der Waals surface area contributed by atoms with Crippen molar-refractivity contribution in [2.45, 2.75) is 0 Å². The molecule has 1 heterocycles. The van der Waals surface area contributed by atoms with Gasteiger partial charge in [-0.2, -0.15) is 0 Å². The van der Waals surface area contributed by atoms with Crippen LogP contribution in [0.25, 0.3) is 0 Å². The van der Waals surface area contributed by atoms with E-state index in [1.165, 1.54) is 6.07 Å². The van der Waals surface area contributed by atoms with Gasteiger partial charge in [-0.15, -0.1) is 0 Å². The number of amidine groups is 1. The Labute approximate surface area is 81.6 Å². The third-order valence-electron chi connectivity index (χ3n) is 1.94. The predicted molar refractivity (Wildman–Crippen MR) is 52.2 cm³/mol. The maximum absolute atomic E-state index is 13.1. The number of hydrogen-bond donors (Lipinski definition) is 1. The van der Waals surface area contributed by atoms with Crippen molar-refractivity contribution in [3.05, 3.63) is 30.1 Å². The van der Waals surface area contributed by atoms with Gasteiger partial charge in [0.1, 0.15) is 12.4 Å². The maximum Gasteiger partial charge on any atom is 0.165 e. The van der Waals surface area contributed by atoms with E-state index in [-0.39, 0.29) is 11.6 Å². The zero-order chi connectivity index (χ0) is 9.80. The monoisotopic (exact) mass is 194 g/mol. The molecule has 0 bridgehead atoms. The fraction of sp³-hybridized carbons (Fsp3) is 0.300. The van der Waals surface area contributed by atoms with E-state index in [1.807, 2.05) is 0 Å². The molecule has 1 N–H and O–H groups in total. The molecule has 1 aliphatic rings. The van der Waals surface area contributed by atoms with E-state index < -0.39 is 0 Å². The van der Waals surface area contributed by atoms with Crippen molar-refractivity contribution in [1.29, 1.82) is 0 Å². The Balaban J connectivity index is 1.94. The molecule has 3 nitrogen and oxygen atoms in total. The van der Waals surface area contributed by atoms with Gasteiger partial charge < -0.3 is 10.1 Å². The van der Waals surface area contributed by atoms with Crippen molar-refractivity contribution >= 4 is 5.84 Å². The Bertz CT molecular complexity index is 352. The van der Waals surface area contributed by atoms with Crippen LogP contribution in [0.3, 0.4) is 0 Å². The molecule has 1 aromatic rings. The van der Waals surface area contributed by atoms with Crippen LogP contribution in [0.4, 0.5) is 4.39 Å². The lowest BCUT2D eigenvalue weighted by Crippen LogP contribution is -2.25. The molecule has 0 saturated carbocycles. The SMILES string of the molecule is Fc1ccccc1OCC1=NCCN1. The lowest BCUT2D eigenvalue weighted by Gasteiger charge is -2.06. The summed E-state index contributed by atoms with van der Waals surface area (Å²) in [6, 6.07) is 6.35. The van der Waals surface area contributed by atoms with Gasteiger partial charge in [-0.25, -0.2) is 4.39 Å². The van der Waals surface area contributed by atoms with Crippen molar-refractivity contribution in [1.82, 2.24) is 5.32 Å². The molecule has 0 radical (unpaired) electrons. The highest BCUT2D eigenvalue weighted by Crippen LogP contribution is 2.15. The van der Waals surface area contributed by atoms with Crippen LogP contribution in [0.1, 0.15) is 0 Å². The first-order chi connectivity index (χ1) is 6.86. The quantitative estimate of drug-likeness (QED) is 0.784. The summed E-state index contributed by atoms with van der Waals surface area (Å²) in [5.41, 5.74) is 0. The smallest absolute Gasteiger partial charge is 0.165 e. The lowest BCUT2D eigenvalue weighted by atomic mass is 10.3. The molecular formula is C10H11FN2O. The normalized spacial score (nSPS) is 14.8. The van der Waals surface area contributed by atoms with Crippen molar-refractivity contribution in [2.75, 3.05) is 19.7 Å². The fourth-order valence-electron chi connectivity index (χ4n) is 1.25. The number of ether oxygens (including phenoxy) is 1. The number of benzene rings is 1. The summed E-state index contributed by atoms with van der Waals surface area (Å²) < 4.78 is 18.3. The van der Waals surface area contributed by atoms with E-state index >= 15 is 0 Å². The minimum absolute atomic E-state index is 0.268. The first-order valence-electron chi connectivity index (χ1n) is 4.51. The van der Waals surface area contributed by atoms with Gasteiger partial charge in [-0.05, 0) is 12.1 Å². The standard InChI is InChI=1S/C10H11FN2O/c11-8-3-1-2-4-9(8)14-7-10-12-5-6-13-10/h1-4H,5-7H2,(H,12,13). The summed E-state index contributed by atoms with van der Waals surface area (Å²) in [4.78, 5) is 4.14.